The van der Waals surface area contributed by atoms with E-state index in [-0.39, 0.29) is 17.1 Å². The Morgan fingerprint density at radius 3 is 2.79 bits per heavy atom. The minimum absolute atomic E-state index is 0.0580. The summed E-state index contributed by atoms with van der Waals surface area (Å²) in [6.07, 6.45) is 0. The minimum atomic E-state index is -1.04. The van der Waals surface area contributed by atoms with E-state index in [1.165, 1.54) is 19.1 Å². The maximum Gasteiger partial charge on any atom is 0.346 e. The Morgan fingerprint density at radius 2 is 2.11 bits per heavy atom. The van der Waals surface area contributed by atoms with Gasteiger partial charge in [0.2, 0.25) is 0 Å². The second-order valence-corrected chi connectivity index (χ2v) is 4.90. The first-order chi connectivity index (χ1) is 9.00. The van der Waals surface area contributed by atoms with Crippen molar-refractivity contribution in [2.24, 2.45) is 0 Å². The number of halogens is 2. The number of carboxylic acids is 1. The van der Waals surface area contributed by atoms with Crippen LogP contribution in [0.3, 0.4) is 0 Å². The fourth-order valence-corrected chi connectivity index (χ4v) is 2.43. The number of hydrogen-bond acceptors (Lipinski definition) is 3. The Bertz CT molecular complexity index is 625. The molecular formula is C13H11F2NO2S. The van der Waals surface area contributed by atoms with Crippen LogP contribution in [0.4, 0.5) is 14.5 Å². The Hall–Kier alpha value is -1.95. The van der Waals surface area contributed by atoms with Crippen molar-refractivity contribution in [3.63, 3.8) is 0 Å². The highest BCUT2D eigenvalue weighted by Gasteiger charge is 2.14. The number of aryl methyl sites for hydroxylation is 1. The van der Waals surface area contributed by atoms with Crippen LogP contribution in [0.15, 0.2) is 23.6 Å². The number of anilines is 1. The second-order valence-electron chi connectivity index (χ2n) is 3.99. The maximum atomic E-state index is 13.7. The molecule has 0 saturated carbocycles. The lowest BCUT2D eigenvalue weighted by Gasteiger charge is -2.10. The Labute approximate surface area is 112 Å². The molecular weight excluding hydrogens is 272 g/mol. The normalized spacial score (nSPS) is 10.5. The summed E-state index contributed by atoms with van der Waals surface area (Å²) in [7, 11) is 0. The van der Waals surface area contributed by atoms with Gasteiger partial charge in [-0.3, -0.25) is 0 Å². The first kappa shape index (κ1) is 13.5. The van der Waals surface area contributed by atoms with Gasteiger partial charge in [0.1, 0.15) is 16.4 Å². The van der Waals surface area contributed by atoms with E-state index < -0.39 is 17.6 Å². The van der Waals surface area contributed by atoms with E-state index in [0.29, 0.717) is 11.1 Å². The zero-order chi connectivity index (χ0) is 14.0. The predicted octanol–water partition coefficient (Wildman–Crippen LogP) is 3.65. The summed E-state index contributed by atoms with van der Waals surface area (Å²) >= 11 is 1.08. The fourth-order valence-electron chi connectivity index (χ4n) is 1.66. The molecule has 0 fully saturated rings. The predicted molar refractivity (Wildman–Crippen MR) is 69.7 cm³/mol. The van der Waals surface area contributed by atoms with Crippen LogP contribution in [0, 0.1) is 18.6 Å². The maximum absolute atomic E-state index is 13.7. The molecule has 100 valence electrons. The van der Waals surface area contributed by atoms with Crippen LogP contribution < -0.4 is 5.32 Å². The summed E-state index contributed by atoms with van der Waals surface area (Å²) in [5, 5.41) is 13.2. The molecule has 3 nitrogen and oxygen atoms in total. The highest BCUT2D eigenvalue weighted by molar-refractivity contribution is 7.12. The molecule has 0 aliphatic rings. The number of aromatic carboxylic acids is 1. The number of benzene rings is 1. The van der Waals surface area contributed by atoms with Crippen LogP contribution in [0.2, 0.25) is 0 Å². The van der Waals surface area contributed by atoms with Crippen LogP contribution >= 0.6 is 11.3 Å². The number of nitrogens with one attached hydrogen (secondary N) is 1. The van der Waals surface area contributed by atoms with Gasteiger partial charge in [-0.15, -0.1) is 11.3 Å². The van der Waals surface area contributed by atoms with Crippen LogP contribution in [-0.2, 0) is 6.54 Å². The van der Waals surface area contributed by atoms with Crippen molar-refractivity contribution >= 4 is 23.0 Å². The van der Waals surface area contributed by atoms with E-state index in [4.69, 9.17) is 5.11 Å². The van der Waals surface area contributed by atoms with E-state index in [1.807, 2.05) is 0 Å². The van der Waals surface area contributed by atoms with Crippen LogP contribution in [0.5, 0.6) is 0 Å². The third-order valence-electron chi connectivity index (χ3n) is 2.68. The van der Waals surface area contributed by atoms with Crippen molar-refractivity contribution in [2.45, 2.75) is 13.5 Å². The molecule has 0 bridgehead atoms. The van der Waals surface area contributed by atoms with E-state index in [9.17, 15) is 13.6 Å². The monoisotopic (exact) mass is 283 g/mol. The zero-order valence-corrected chi connectivity index (χ0v) is 10.9. The van der Waals surface area contributed by atoms with Gasteiger partial charge < -0.3 is 10.4 Å². The average Bonchev–Trinajstić information content (AvgIpc) is 2.82. The molecule has 0 atom stereocenters. The van der Waals surface area contributed by atoms with E-state index in [1.54, 1.807) is 11.4 Å². The van der Waals surface area contributed by atoms with Crippen molar-refractivity contribution in [3.05, 3.63) is 51.2 Å². The second kappa shape index (κ2) is 5.36. The molecule has 1 aromatic carbocycles. The lowest BCUT2D eigenvalue weighted by Crippen LogP contribution is -2.07. The molecule has 1 heterocycles. The number of rotatable bonds is 4. The van der Waals surface area contributed by atoms with Gasteiger partial charge in [-0.05, 0) is 35.6 Å². The number of carboxylic acid groups (broad SMARTS) is 1. The van der Waals surface area contributed by atoms with Gasteiger partial charge in [0.25, 0.3) is 0 Å². The van der Waals surface area contributed by atoms with Crippen LogP contribution in [-0.4, -0.2) is 11.1 Å². The molecule has 19 heavy (non-hydrogen) atoms. The quantitative estimate of drug-likeness (QED) is 0.900. The smallest absolute Gasteiger partial charge is 0.346 e. The summed E-state index contributed by atoms with van der Waals surface area (Å²) in [6, 6.07) is 4.14. The third kappa shape index (κ3) is 2.73. The molecule has 2 rings (SSSR count). The van der Waals surface area contributed by atoms with E-state index >= 15 is 0 Å². The molecule has 0 unspecified atom stereocenters. The molecule has 1 aromatic heterocycles. The number of thiophene rings is 1. The molecule has 0 saturated heterocycles. The minimum Gasteiger partial charge on any atom is -0.477 e. The van der Waals surface area contributed by atoms with Gasteiger partial charge in [0.15, 0.2) is 5.82 Å². The van der Waals surface area contributed by atoms with Crippen molar-refractivity contribution in [2.75, 3.05) is 5.32 Å². The number of carbonyl (C=O) groups is 1. The summed E-state index contributed by atoms with van der Waals surface area (Å²) in [4.78, 5) is 11.1. The molecule has 2 N–H and O–H groups in total. The Balaban J connectivity index is 2.22. The summed E-state index contributed by atoms with van der Waals surface area (Å²) in [5.41, 5.74) is 0.591. The van der Waals surface area contributed by atoms with Gasteiger partial charge in [-0.25, -0.2) is 13.6 Å². The molecule has 6 heteroatoms. The third-order valence-corrected chi connectivity index (χ3v) is 3.63. The first-order valence-electron chi connectivity index (χ1n) is 5.49. The van der Waals surface area contributed by atoms with Crippen molar-refractivity contribution in [1.29, 1.82) is 0 Å². The van der Waals surface area contributed by atoms with Crippen molar-refractivity contribution in [1.82, 2.24) is 0 Å². The fraction of sp³-hybridized carbons (Fsp3) is 0.154. The zero-order valence-electron chi connectivity index (χ0n) is 10.0. The highest BCUT2D eigenvalue weighted by Crippen LogP contribution is 2.24. The standard InChI is InChI=1S/C13H11F2NO2S/c1-7-2-3-9(14)11(10(7)15)16-6-8-4-5-19-12(8)13(17)18/h2-5,16H,6H2,1H3,(H,17,18). The molecule has 0 spiro atoms. The van der Waals surface area contributed by atoms with E-state index in [2.05, 4.69) is 5.32 Å². The van der Waals surface area contributed by atoms with E-state index in [0.717, 1.165) is 11.3 Å². The van der Waals surface area contributed by atoms with Crippen LogP contribution in [0.1, 0.15) is 20.8 Å². The van der Waals surface area contributed by atoms with Gasteiger partial charge in [0, 0.05) is 6.54 Å². The molecule has 0 aliphatic heterocycles. The lowest BCUT2D eigenvalue weighted by molar-refractivity contribution is 0.0701. The lowest BCUT2D eigenvalue weighted by atomic mass is 10.2. The van der Waals surface area contributed by atoms with Crippen molar-refractivity contribution in [3.8, 4) is 0 Å². The molecule has 0 radical (unpaired) electrons. The van der Waals surface area contributed by atoms with Crippen molar-refractivity contribution < 1.29 is 18.7 Å². The molecule has 2 aromatic rings. The highest BCUT2D eigenvalue weighted by atomic mass is 32.1. The molecule has 0 amide bonds. The number of hydrogen-bond donors (Lipinski definition) is 2. The SMILES string of the molecule is Cc1ccc(F)c(NCc2ccsc2C(=O)O)c1F. The summed E-state index contributed by atoms with van der Waals surface area (Å²) in [6.45, 7) is 1.59. The van der Waals surface area contributed by atoms with Gasteiger partial charge in [-0.2, -0.15) is 0 Å². The largest absolute Gasteiger partial charge is 0.477 e. The Morgan fingerprint density at radius 1 is 1.37 bits per heavy atom. The summed E-state index contributed by atoms with van der Waals surface area (Å²) in [5.74, 6) is -2.40. The summed E-state index contributed by atoms with van der Waals surface area (Å²) < 4.78 is 27.2. The average molecular weight is 283 g/mol. The van der Waals surface area contributed by atoms with Gasteiger partial charge in [-0.1, -0.05) is 6.07 Å². The van der Waals surface area contributed by atoms with Gasteiger partial charge >= 0.3 is 5.97 Å². The van der Waals surface area contributed by atoms with Gasteiger partial charge in [0.05, 0.1) is 0 Å². The van der Waals surface area contributed by atoms with Crippen LogP contribution in [0.25, 0.3) is 0 Å². The first-order valence-corrected chi connectivity index (χ1v) is 6.36. The Kier molecular flexibility index (Phi) is 3.80. The molecule has 0 aliphatic carbocycles. The topological polar surface area (TPSA) is 49.3 Å².